The van der Waals surface area contributed by atoms with Gasteiger partial charge in [-0.05, 0) is 35.9 Å². The third-order valence-electron chi connectivity index (χ3n) is 4.11. The van der Waals surface area contributed by atoms with Crippen LogP contribution in [0, 0.1) is 0 Å². The van der Waals surface area contributed by atoms with E-state index in [9.17, 15) is 18.0 Å². The number of hydrogen-bond donors (Lipinski definition) is 3. The second-order valence-corrected chi connectivity index (χ2v) is 9.52. The Bertz CT molecular complexity index is 1170. The van der Waals surface area contributed by atoms with Gasteiger partial charge in [0.25, 0.3) is 5.91 Å². The number of benzene rings is 2. The monoisotopic (exact) mass is 463 g/mol. The van der Waals surface area contributed by atoms with Crippen molar-refractivity contribution in [3.8, 4) is 11.1 Å². The van der Waals surface area contributed by atoms with Crippen molar-refractivity contribution in [3.63, 3.8) is 0 Å². The molecule has 7 nitrogen and oxygen atoms in total. The molecule has 2 amide bonds. The lowest BCUT2D eigenvalue weighted by atomic mass is 10.1. The topological polar surface area (TPSA) is 118 Å². The van der Waals surface area contributed by atoms with Crippen LogP contribution in [-0.4, -0.2) is 26.8 Å². The van der Waals surface area contributed by atoms with Gasteiger partial charge in [0.1, 0.15) is 0 Å². The number of hydrogen-bond acceptors (Lipinski definition) is 5. The Morgan fingerprint density at radius 3 is 2.33 bits per heavy atom. The Kier molecular flexibility index (Phi) is 6.88. The maximum absolute atomic E-state index is 12.1. The lowest BCUT2D eigenvalue weighted by Crippen LogP contribution is -2.27. The summed E-state index contributed by atoms with van der Waals surface area (Å²) >= 11 is 6.97. The highest BCUT2D eigenvalue weighted by molar-refractivity contribution is 7.89. The van der Waals surface area contributed by atoms with E-state index in [4.69, 9.17) is 16.7 Å². The van der Waals surface area contributed by atoms with Crippen LogP contribution in [0.1, 0.15) is 16.1 Å². The number of sulfonamides is 1. The fourth-order valence-electron chi connectivity index (χ4n) is 2.72. The van der Waals surface area contributed by atoms with E-state index in [2.05, 4.69) is 10.6 Å². The largest absolute Gasteiger partial charge is 0.351 e. The first-order chi connectivity index (χ1) is 14.2. The zero-order valence-corrected chi connectivity index (χ0v) is 18.0. The number of halogens is 1. The van der Waals surface area contributed by atoms with Gasteiger partial charge in [-0.25, -0.2) is 13.6 Å². The molecular formula is C20H18ClN3O4S2. The summed E-state index contributed by atoms with van der Waals surface area (Å²) < 4.78 is 24.1. The zero-order chi connectivity index (χ0) is 21.7. The number of rotatable bonds is 7. The zero-order valence-electron chi connectivity index (χ0n) is 15.6. The second-order valence-electron chi connectivity index (χ2n) is 6.28. The average Bonchev–Trinajstić information content (AvgIpc) is 3.14. The van der Waals surface area contributed by atoms with Crippen molar-refractivity contribution >= 4 is 50.5 Å². The molecule has 0 aliphatic carbocycles. The fraction of sp³-hybridized carbons (Fsp3) is 0.100. The average molecular weight is 464 g/mol. The van der Waals surface area contributed by atoms with E-state index in [-0.39, 0.29) is 29.7 Å². The molecule has 2 aromatic carbocycles. The minimum atomic E-state index is -3.86. The minimum Gasteiger partial charge on any atom is -0.351 e. The summed E-state index contributed by atoms with van der Waals surface area (Å²) in [6.45, 7) is 0.181. The molecule has 10 heteroatoms. The van der Waals surface area contributed by atoms with Crippen LogP contribution in [-0.2, 0) is 14.8 Å². The van der Waals surface area contributed by atoms with Gasteiger partial charge < -0.3 is 10.6 Å². The lowest BCUT2D eigenvalue weighted by Gasteiger charge is -2.10. The van der Waals surface area contributed by atoms with Crippen LogP contribution in [0.4, 0.5) is 5.69 Å². The van der Waals surface area contributed by atoms with E-state index in [0.29, 0.717) is 26.0 Å². The molecular weight excluding hydrogens is 446 g/mol. The van der Waals surface area contributed by atoms with Gasteiger partial charge in [-0.15, -0.1) is 11.3 Å². The normalized spacial score (nSPS) is 11.1. The van der Waals surface area contributed by atoms with E-state index in [1.54, 1.807) is 54.6 Å². The van der Waals surface area contributed by atoms with Crippen LogP contribution in [0.15, 0.2) is 65.6 Å². The van der Waals surface area contributed by atoms with Gasteiger partial charge in [-0.2, -0.15) is 0 Å². The Morgan fingerprint density at radius 2 is 1.70 bits per heavy atom. The highest BCUT2D eigenvalue weighted by Crippen LogP contribution is 2.27. The van der Waals surface area contributed by atoms with Crippen molar-refractivity contribution < 1.29 is 18.0 Å². The van der Waals surface area contributed by atoms with Crippen LogP contribution >= 0.6 is 22.9 Å². The van der Waals surface area contributed by atoms with Crippen molar-refractivity contribution in [3.05, 3.63) is 69.9 Å². The number of amides is 2. The number of anilines is 1. The van der Waals surface area contributed by atoms with Gasteiger partial charge >= 0.3 is 0 Å². The van der Waals surface area contributed by atoms with Gasteiger partial charge in [-0.1, -0.05) is 41.9 Å². The Morgan fingerprint density at radius 1 is 1.00 bits per heavy atom. The molecule has 0 saturated carbocycles. The molecule has 0 radical (unpaired) electrons. The van der Waals surface area contributed by atoms with Gasteiger partial charge in [0, 0.05) is 24.2 Å². The predicted octanol–water partition coefficient (Wildman–Crippen LogP) is 3.47. The highest BCUT2D eigenvalue weighted by Gasteiger charge is 2.14. The molecule has 4 N–H and O–H groups in total. The van der Waals surface area contributed by atoms with E-state index in [0.717, 1.165) is 0 Å². The summed E-state index contributed by atoms with van der Waals surface area (Å²) in [6, 6.07) is 16.4. The molecule has 3 rings (SSSR count). The Labute approximate surface area is 182 Å². The third-order valence-corrected chi connectivity index (χ3v) is 6.31. The molecule has 3 aromatic rings. The molecule has 30 heavy (non-hydrogen) atoms. The number of nitrogens with one attached hydrogen (secondary N) is 2. The first-order valence-corrected chi connectivity index (χ1v) is 11.5. The fourth-order valence-corrected chi connectivity index (χ4v) is 4.44. The quantitative estimate of drug-likeness (QED) is 0.497. The Balaban J connectivity index is 1.57. The van der Waals surface area contributed by atoms with Gasteiger partial charge in [0.05, 0.1) is 14.1 Å². The third kappa shape index (κ3) is 5.67. The molecule has 0 unspecified atom stereocenters. The number of carbonyl (C=O) groups excluding carboxylic acids is 2. The van der Waals surface area contributed by atoms with E-state index in [1.807, 2.05) is 0 Å². The SMILES string of the molecule is NS(=O)(=O)c1ccccc1-c1ccc(NC(=O)CCNC(=O)c2ccc(Cl)s2)cc1. The van der Waals surface area contributed by atoms with Crippen molar-refractivity contribution in [1.82, 2.24) is 5.32 Å². The molecule has 156 valence electrons. The molecule has 1 heterocycles. The molecule has 0 atom stereocenters. The summed E-state index contributed by atoms with van der Waals surface area (Å²) in [4.78, 5) is 24.5. The van der Waals surface area contributed by atoms with E-state index >= 15 is 0 Å². The summed E-state index contributed by atoms with van der Waals surface area (Å²) in [5, 5.41) is 10.7. The van der Waals surface area contributed by atoms with Crippen molar-refractivity contribution in [1.29, 1.82) is 0 Å². The number of primary sulfonamides is 1. The van der Waals surface area contributed by atoms with E-state index in [1.165, 1.54) is 17.4 Å². The maximum Gasteiger partial charge on any atom is 0.261 e. The second kappa shape index (κ2) is 9.40. The first-order valence-electron chi connectivity index (χ1n) is 8.80. The molecule has 0 aliphatic heterocycles. The molecule has 1 aromatic heterocycles. The smallest absolute Gasteiger partial charge is 0.261 e. The van der Waals surface area contributed by atoms with Crippen LogP contribution in [0.25, 0.3) is 11.1 Å². The molecule has 0 bridgehead atoms. The lowest BCUT2D eigenvalue weighted by molar-refractivity contribution is -0.116. The first kappa shape index (κ1) is 22.0. The van der Waals surface area contributed by atoms with Crippen molar-refractivity contribution in [2.24, 2.45) is 5.14 Å². The summed E-state index contributed by atoms with van der Waals surface area (Å²) in [5.74, 6) is -0.547. The maximum atomic E-state index is 12.1. The summed E-state index contributed by atoms with van der Waals surface area (Å²) in [6.07, 6.45) is 0.0981. The summed E-state index contributed by atoms with van der Waals surface area (Å²) in [5.41, 5.74) is 1.68. The molecule has 0 aliphatic rings. The number of thiophene rings is 1. The predicted molar refractivity (Wildman–Crippen MR) is 118 cm³/mol. The van der Waals surface area contributed by atoms with Crippen LogP contribution in [0.5, 0.6) is 0 Å². The standard InChI is InChI=1S/C20H18ClN3O4S2/c21-18-10-9-16(29-18)20(26)23-12-11-19(25)24-14-7-5-13(6-8-14)15-3-1-2-4-17(15)30(22,27)28/h1-10H,11-12H2,(H,23,26)(H,24,25)(H2,22,27,28). The van der Waals surface area contributed by atoms with Gasteiger partial charge in [-0.3, -0.25) is 9.59 Å². The summed E-state index contributed by atoms with van der Waals surface area (Å²) in [7, 11) is -3.86. The van der Waals surface area contributed by atoms with Gasteiger partial charge in [0.2, 0.25) is 15.9 Å². The molecule has 0 saturated heterocycles. The van der Waals surface area contributed by atoms with Crippen molar-refractivity contribution in [2.75, 3.05) is 11.9 Å². The Hall–Kier alpha value is -2.72. The minimum absolute atomic E-state index is 0.0320. The number of carbonyl (C=O) groups is 2. The number of nitrogens with two attached hydrogens (primary N) is 1. The van der Waals surface area contributed by atoms with Crippen LogP contribution in [0.2, 0.25) is 4.34 Å². The highest BCUT2D eigenvalue weighted by atomic mass is 35.5. The molecule has 0 spiro atoms. The van der Waals surface area contributed by atoms with Crippen LogP contribution in [0.3, 0.4) is 0 Å². The van der Waals surface area contributed by atoms with Crippen LogP contribution < -0.4 is 15.8 Å². The van der Waals surface area contributed by atoms with E-state index < -0.39 is 10.0 Å². The molecule has 0 fully saturated rings. The van der Waals surface area contributed by atoms with Gasteiger partial charge in [0.15, 0.2) is 0 Å². The van der Waals surface area contributed by atoms with Crippen molar-refractivity contribution in [2.45, 2.75) is 11.3 Å².